The molecule has 1 aromatic rings. The van der Waals surface area contributed by atoms with Gasteiger partial charge in [0.15, 0.2) is 0 Å². The van der Waals surface area contributed by atoms with Gasteiger partial charge in [-0.3, -0.25) is 4.79 Å². The van der Waals surface area contributed by atoms with Crippen molar-refractivity contribution in [1.29, 1.82) is 0 Å². The maximum atomic E-state index is 12.0. The van der Waals surface area contributed by atoms with Crippen LogP contribution in [0.4, 0.5) is 10.5 Å². The summed E-state index contributed by atoms with van der Waals surface area (Å²) in [5.74, 6) is -0.929. The summed E-state index contributed by atoms with van der Waals surface area (Å²) in [6.45, 7) is 3.93. The van der Waals surface area contributed by atoms with Gasteiger partial charge < -0.3 is 20.4 Å². The second-order valence-electron chi connectivity index (χ2n) is 4.16. The predicted molar refractivity (Wildman–Crippen MR) is 75.7 cm³/mol. The summed E-state index contributed by atoms with van der Waals surface area (Å²) < 4.78 is 0. The van der Waals surface area contributed by atoms with Crippen molar-refractivity contribution < 1.29 is 19.8 Å². The summed E-state index contributed by atoms with van der Waals surface area (Å²) in [5.41, 5.74) is 1.12. The van der Waals surface area contributed by atoms with E-state index in [2.05, 4.69) is 11.9 Å². The number of hydrogen-bond donors (Lipinski definition) is 3. The first-order chi connectivity index (χ1) is 9.56. The van der Waals surface area contributed by atoms with Crippen LogP contribution in [0, 0.1) is 0 Å². The van der Waals surface area contributed by atoms with Gasteiger partial charge in [-0.15, -0.1) is 6.58 Å². The molecule has 0 unspecified atom stereocenters. The molecule has 6 heteroatoms. The molecule has 0 fully saturated rings. The molecular formula is C14H18N2O4. The minimum absolute atomic E-state index is 0.100. The molecule has 1 aromatic carbocycles. The van der Waals surface area contributed by atoms with Crippen LogP contribution in [0.5, 0.6) is 0 Å². The second kappa shape index (κ2) is 7.96. The second-order valence-corrected chi connectivity index (χ2v) is 4.16. The summed E-state index contributed by atoms with van der Waals surface area (Å²) >= 11 is 0. The molecule has 6 nitrogen and oxygen atoms in total. The van der Waals surface area contributed by atoms with E-state index in [9.17, 15) is 9.59 Å². The molecule has 20 heavy (non-hydrogen) atoms. The first-order valence-corrected chi connectivity index (χ1v) is 6.15. The summed E-state index contributed by atoms with van der Waals surface area (Å²) in [6.07, 6.45) is 1.47. The molecule has 3 N–H and O–H groups in total. The number of aliphatic carboxylic acids is 1. The average molecular weight is 278 g/mol. The fraction of sp³-hybridized carbons (Fsp3) is 0.286. The number of hydrogen-bond acceptors (Lipinski definition) is 3. The predicted octanol–water partition coefficient (Wildman–Crippen LogP) is 1.33. The Morgan fingerprint density at radius 3 is 2.75 bits per heavy atom. The van der Waals surface area contributed by atoms with E-state index < -0.39 is 5.97 Å². The number of carbonyl (C=O) groups excluding carboxylic acids is 1. The summed E-state index contributed by atoms with van der Waals surface area (Å²) in [4.78, 5) is 24.0. The van der Waals surface area contributed by atoms with E-state index in [1.54, 1.807) is 30.3 Å². The lowest BCUT2D eigenvalue weighted by atomic mass is 10.1. The molecule has 0 atom stereocenters. The Bertz CT molecular complexity index is 488. The van der Waals surface area contributed by atoms with Gasteiger partial charge in [0, 0.05) is 18.8 Å². The Hall–Kier alpha value is -2.34. The van der Waals surface area contributed by atoms with Crippen molar-refractivity contribution in [2.75, 3.05) is 25.0 Å². The van der Waals surface area contributed by atoms with Gasteiger partial charge in [-0.2, -0.15) is 0 Å². The third-order valence-corrected chi connectivity index (χ3v) is 2.54. The highest BCUT2D eigenvalue weighted by Crippen LogP contribution is 2.12. The van der Waals surface area contributed by atoms with Crippen LogP contribution < -0.4 is 5.32 Å². The van der Waals surface area contributed by atoms with Crippen LogP contribution in [-0.4, -0.2) is 46.8 Å². The molecule has 0 spiro atoms. The molecule has 1 rings (SSSR count). The van der Waals surface area contributed by atoms with Gasteiger partial charge in [0.25, 0.3) is 0 Å². The van der Waals surface area contributed by atoms with Gasteiger partial charge in [-0.05, 0) is 17.7 Å². The van der Waals surface area contributed by atoms with Crippen LogP contribution in [0.3, 0.4) is 0 Å². The van der Waals surface area contributed by atoms with Crippen molar-refractivity contribution in [3.8, 4) is 0 Å². The smallest absolute Gasteiger partial charge is 0.322 e. The maximum Gasteiger partial charge on any atom is 0.322 e. The highest BCUT2D eigenvalue weighted by molar-refractivity contribution is 5.89. The van der Waals surface area contributed by atoms with E-state index in [0.29, 0.717) is 17.8 Å². The molecule has 0 bridgehead atoms. The standard InChI is InChI=1S/C14H18N2O4/c1-2-6-16(7-8-17)14(20)15-12-5-3-4-11(9-12)10-13(18)19/h2-5,9,17H,1,6-8,10H2,(H,15,20)(H,18,19). The monoisotopic (exact) mass is 278 g/mol. The summed E-state index contributed by atoms with van der Waals surface area (Å²) in [7, 11) is 0. The van der Waals surface area contributed by atoms with Crippen molar-refractivity contribution in [1.82, 2.24) is 4.90 Å². The van der Waals surface area contributed by atoms with Crippen molar-refractivity contribution in [2.24, 2.45) is 0 Å². The molecule has 0 aliphatic heterocycles. The molecule has 0 radical (unpaired) electrons. The van der Waals surface area contributed by atoms with E-state index in [-0.39, 0.29) is 25.6 Å². The molecule has 0 heterocycles. The van der Waals surface area contributed by atoms with Crippen molar-refractivity contribution >= 4 is 17.7 Å². The van der Waals surface area contributed by atoms with Crippen molar-refractivity contribution in [2.45, 2.75) is 6.42 Å². The summed E-state index contributed by atoms with van der Waals surface area (Å²) in [5, 5.41) is 20.3. The summed E-state index contributed by atoms with van der Waals surface area (Å²) in [6, 6.07) is 6.27. The highest BCUT2D eigenvalue weighted by Gasteiger charge is 2.11. The number of anilines is 1. The zero-order chi connectivity index (χ0) is 15.0. The lowest BCUT2D eigenvalue weighted by Gasteiger charge is -2.20. The number of carboxylic acid groups (broad SMARTS) is 1. The van der Waals surface area contributed by atoms with E-state index in [0.717, 1.165) is 0 Å². The van der Waals surface area contributed by atoms with Gasteiger partial charge >= 0.3 is 12.0 Å². The Balaban J connectivity index is 2.73. The van der Waals surface area contributed by atoms with E-state index in [4.69, 9.17) is 10.2 Å². The first-order valence-electron chi connectivity index (χ1n) is 6.15. The number of benzene rings is 1. The Morgan fingerprint density at radius 1 is 1.40 bits per heavy atom. The molecule has 0 aliphatic carbocycles. The number of carboxylic acids is 1. The number of carbonyl (C=O) groups is 2. The normalized spacial score (nSPS) is 9.85. The molecule has 108 valence electrons. The van der Waals surface area contributed by atoms with Crippen LogP contribution in [0.2, 0.25) is 0 Å². The van der Waals surface area contributed by atoms with Gasteiger partial charge in [-0.25, -0.2) is 4.79 Å². The Kier molecular flexibility index (Phi) is 6.25. The van der Waals surface area contributed by atoms with Crippen LogP contribution in [0.15, 0.2) is 36.9 Å². The average Bonchev–Trinajstić information content (AvgIpc) is 2.38. The first kappa shape index (κ1) is 15.7. The minimum Gasteiger partial charge on any atom is -0.481 e. The van der Waals surface area contributed by atoms with Crippen LogP contribution in [0.25, 0.3) is 0 Å². The van der Waals surface area contributed by atoms with Crippen molar-refractivity contribution in [3.63, 3.8) is 0 Å². The van der Waals surface area contributed by atoms with Gasteiger partial charge in [-0.1, -0.05) is 18.2 Å². The fourth-order valence-corrected chi connectivity index (χ4v) is 1.69. The van der Waals surface area contributed by atoms with Gasteiger partial charge in [0.1, 0.15) is 0 Å². The molecular weight excluding hydrogens is 260 g/mol. The van der Waals surface area contributed by atoms with Crippen LogP contribution in [-0.2, 0) is 11.2 Å². The zero-order valence-electron chi connectivity index (χ0n) is 11.1. The zero-order valence-corrected chi connectivity index (χ0v) is 11.1. The molecule has 0 aliphatic rings. The fourth-order valence-electron chi connectivity index (χ4n) is 1.69. The number of rotatable bonds is 7. The van der Waals surface area contributed by atoms with E-state index in [1.165, 1.54) is 4.90 Å². The topological polar surface area (TPSA) is 89.9 Å². The highest BCUT2D eigenvalue weighted by atomic mass is 16.4. The molecule has 0 saturated heterocycles. The molecule has 2 amide bonds. The SMILES string of the molecule is C=CCN(CCO)C(=O)Nc1cccc(CC(=O)O)c1. The number of aliphatic hydroxyl groups excluding tert-OH is 1. The lowest BCUT2D eigenvalue weighted by Crippen LogP contribution is -2.37. The van der Waals surface area contributed by atoms with E-state index >= 15 is 0 Å². The lowest BCUT2D eigenvalue weighted by molar-refractivity contribution is -0.136. The molecule has 0 aromatic heterocycles. The van der Waals surface area contributed by atoms with Gasteiger partial charge in [0.2, 0.25) is 0 Å². The van der Waals surface area contributed by atoms with E-state index in [1.807, 2.05) is 0 Å². The van der Waals surface area contributed by atoms with Crippen molar-refractivity contribution in [3.05, 3.63) is 42.5 Å². The number of nitrogens with zero attached hydrogens (tertiary/aromatic N) is 1. The minimum atomic E-state index is -0.929. The number of urea groups is 1. The third kappa shape index (κ3) is 5.11. The molecule has 0 saturated carbocycles. The maximum absolute atomic E-state index is 12.0. The van der Waals surface area contributed by atoms with Crippen LogP contribution in [0.1, 0.15) is 5.56 Å². The number of nitrogens with one attached hydrogen (secondary N) is 1. The number of amides is 2. The van der Waals surface area contributed by atoms with Crippen LogP contribution >= 0.6 is 0 Å². The Labute approximate surface area is 117 Å². The third-order valence-electron chi connectivity index (χ3n) is 2.54. The quantitative estimate of drug-likeness (QED) is 0.656. The largest absolute Gasteiger partial charge is 0.481 e. The number of aliphatic hydroxyl groups is 1. The Morgan fingerprint density at radius 2 is 2.15 bits per heavy atom. The van der Waals surface area contributed by atoms with Gasteiger partial charge in [0.05, 0.1) is 13.0 Å².